The highest BCUT2D eigenvalue weighted by atomic mass is 35.5. The number of nitrogens with one attached hydrogen (secondary N) is 1. The average molecular weight is 305 g/mol. The van der Waals surface area contributed by atoms with Crippen molar-refractivity contribution in [3.05, 3.63) is 53.2 Å². The van der Waals surface area contributed by atoms with E-state index in [2.05, 4.69) is 46.5 Å². The summed E-state index contributed by atoms with van der Waals surface area (Å²) in [5.41, 5.74) is 7.68. The summed E-state index contributed by atoms with van der Waals surface area (Å²) in [6.07, 6.45) is 1.03. The molecule has 1 aromatic heterocycles. The van der Waals surface area contributed by atoms with Gasteiger partial charge in [0.2, 0.25) is 0 Å². The van der Waals surface area contributed by atoms with Crippen molar-refractivity contribution in [2.75, 3.05) is 31.2 Å². The molecule has 0 radical (unpaired) electrons. The molecule has 0 saturated carbocycles. The van der Waals surface area contributed by atoms with Gasteiger partial charge in [0.25, 0.3) is 0 Å². The molecular formula is C16H21ClN4. The summed E-state index contributed by atoms with van der Waals surface area (Å²) in [5, 5.41) is 3.66. The number of rotatable bonds is 7. The van der Waals surface area contributed by atoms with E-state index in [1.807, 2.05) is 6.07 Å². The Morgan fingerprint density at radius 1 is 1.24 bits per heavy atom. The summed E-state index contributed by atoms with van der Waals surface area (Å²) in [4.78, 5) is 6.48. The molecular weight excluding hydrogens is 284 g/mol. The second-order valence-corrected chi connectivity index (χ2v) is 5.50. The van der Waals surface area contributed by atoms with Gasteiger partial charge >= 0.3 is 0 Å². The van der Waals surface area contributed by atoms with Crippen LogP contribution in [0.25, 0.3) is 0 Å². The Morgan fingerprint density at radius 2 is 2.00 bits per heavy atom. The van der Waals surface area contributed by atoms with Gasteiger partial charge in [0.15, 0.2) is 0 Å². The van der Waals surface area contributed by atoms with Gasteiger partial charge in [0.05, 0.1) is 0 Å². The van der Waals surface area contributed by atoms with E-state index in [1.54, 1.807) is 12.1 Å². The predicted octanol–water partition coefficient (Wildman–Crippen LogP) is 3.25. The van der Waals surface area contributed by atoms with Crippen LogP contribution in [0.15, 0.2) is 42.5 Å². The molecule has 21 heavy (non-hydrogen) atoms. The SMILES string of the molecule is CN(CCCNc1cc(N)cc(Cl)n1)Cc1ccccc1. The van der Waals surface area contributed by atoms with E-state index >= 15 is 0 Å². The molecule has 0 bridgehead atoms. The predicted molar refractivity (Wildman–Crippen MR) is 89.5 cm³/mol. The molecule has 0 fully saturated rings. The molecule has 0 aliphatic carbocycles. The summed E-state index contributed by atoms with van der Waals surface area (Å²) in [6.45, 7) is 2.81. The van der Waals surface area contributed by atoms with Crippen LogP contribution in [0.5, 0.6) is 0 Å². The first-order valence-electron chi connectivity index (χ1n) is 7.03. The zero-order valence-corrected chi connectivity index (χ0v) is 13.0. The molecule has 0 aliphatic heterocycles. The van der Waals surface area contributed by atoms with Crippen molar-refractivity contribution in [3.63, 3.8) is 0 Å². The second kappa shape index (κ2) is 7.86. The molecule has 0 amide bonds. The first-order valence-corrected chi connectivity index (χ1v) is 7.40. The molecule has 0 unspecified atom stereocenters. The van der Waals surface area contributed by atoms with E-state index < -0.39 is 0 Å². The van der Waals surface area contributed by atoms with Crippen LogP contribution in [0, 0.1) is 0 Å². The number of nitrogens with zero attached hydrogens (tertiary/aromatic N) is 2. The molecule has 2 rings (SSSR count). The Labute approximate surface area is 130 Å². The highest BCUT2D eigenvalue weighted by Gasteiger charge is 2.01. The number of nitrogen functional groups attached to an aromatic ring is 1. The molecule has 0 atom stereocenters. The number of aromatic nitrogens is 1. The summed E-state index contributed by atoms with van der Waals surface area (Å²) in [7, 11) is 2.13. The van der Waals surface area contributed by atoms with Crippen molar-refractivity contribution in [3.8, 4) is 0 Å². The zero-order chi connectivity index (χ0) is 15.1. The smallest absolute Gasteiger partial charge is 0.133 e. The van der Waals surface area contributed by atoms with Crippen LogP contribution in [0.3, 0.4) is 0 Å². The van der Waals surface area contributed by atoms with Gasteiger partial charge in [0, 0.05) is 24.8 Å². The minimum atomic E-state index is 0.415. The first kappa shape index (κ1) is 15.6. The number of hydrogen-bond donors (Lipinski definition) is 2. The Hall–Kier alpha value is -1.78. The van der Waals surface area contributed by atoms with E-state index in [4.69, 9.17) is 17.3 Å². The van der Waals surface area contributed by atoms with Crippen molar-refractivity contribution in [1.82, 2.24) is 9.88 Å². The van der Waals surface area contributed by atoms with Gasteiger partial charge in [-0.15, -0.1) is 0 Å². The van der Waals surface area contributed by atoms with Crippen LogP contribution in [0.4, 0.5) is 11.5 Å². The van der Waals surface area contributed by atoms with Gasteiger partial charge in [0.1, 0.15) is 11.0 Å². The Balaban J connectivity index is 1.69. The van der Waals surface area contributed by atoms with Crippen molar-refractivity contribution in [2.45, 2.75) is 13.0 Å². The molecule has 3 N–H and O–H groups in total. The normalized spacial score (nSPS) is 10.8. The number of halogens is 1. The molecule has 0 saturated heterocycles. The van der Waals surface area contributed by atoms with Gasteiger partial charge in [-0.3, -0.25) is 0 Å². The van der Waals surface area contributed by atoms with Crippen LogP contribution < -0.4 is 11.1 Å². The lowest BCUT2D eigenvalue weighted by molar-refractivity contribution is 0.325. The summed E-state index contributed by atoms with van der Waals surface area (Å²) in [6, 6.07) is 13.9. The van der Waals surface area contributed by atoms with E-state index in [1.165, 1.54) is 5.56 Å². The number of anilines is 2. The molecule has 2 aromatic rings. The Kier molecular flexibility index (Phi) is 5.84. The van der Waals surface area contributed by atoms with Crippen LogP contribution >= 0.6 is 11.6 Å². The molecule has 1 aromatic carbocycles. The number of hydrogen-bond acceptors (Lipinski definition) is 4. The third-order valence-corrected chi connectivity index (χ3v) is 3.33. The van der Waals surface area contributed by atoms with Crippen LogP contribution in [-0.4, -0.2) is 30.0 Å². The molecule has 5 heteroatoms. The van der Waals surface area contributed by atoms with Crippen LogP contribution in [0.2, 0.25) is 5.15 Å². The molecule has 0 aliphatic rings. The lowest BCUT2D eigenvalue weighted by atomic mass is 10.2. The maximum Gasteiger partial charge on any atom is 0.133 e. The van der Waals surface area contributed by atoms with Crippen LogP contribution in [-0.2, 0) is 6.54 Å². The summed E-state index contributed by atoms with van der Waals surface area (Å²) in [5.74, 6) is 0.728. The maximum absolute atomic E-state index is 5.86. The molecule has 112 valence electrons. The number of benzene rings is 1. The molecule has 1 heterocycles. The van der Waals surface area contributed by atoms with E-state index in [0.29, 0.717) is 10.8 Å². The van der Waals surface area contributed by atoms with Crippen molar-refractivity contribution in [1.29, 1.82) is 0 Å². The Bertz CT molecular complexity index is 539. The fraction of sp³-hybridized carbons (Fsp3) is 0.312. The molecule has 0 spiro atoms. The quantitative estimate of drug-likeness (QED) is 0.609. The highest BCUT2D eigenvalue weighted by molar-refractivity contribution is 6.29. The summed E-state index contributed by atoms with van der Waals surface area (Å²) >= 11 is 5.86. The standard InChI is InChI=1S/C16H21ClN4/c1-21(12-13-6-3-2-4-7-13)9-5-8-19-16-11-14(18)10-15(17)20-16/h2-4,6-7,10-11H,5,8-9,12H2,1H3,(H3,18,19,20). The van der Waals surface area contributed by atoms with Crippen LogP contribution in [0.1, 0.15) is 12.0 Å². The molecule has 4 nitrogen and oxygen atoms in total. The monoisotopic (exact) mass is 304 g/mol. The van der Waals surface area contributed by atoms with E-state index in [0.717, 1.165) is 31.9 Å². The Morgan fingerprint density at radius 3 is 2.71 bits per heavy atom. The summed E-state index contributed by atoms with van der Waals surface area (Å²) < 4.78 is 0. The van der Waals surface area contributed by atoms with Gasteiger partial charge in [-0.2, -0.15) is 0 Å². The van der Waals surface area contributed by atoms with Gasteiger partial charge in [-0.1, -0.05) is 41.9 Å². The van der Waals surface area contributed by atoms with Gasteiger partial charge in [-0.25, -0.2) is 4.98 Å². The fourth-order valence-corrected chi connectivity index (χ4v) is 2.36. The van der Waals surface area contributed by atoms with Gasteiger partial charge in [-0.05, 0) is 31.6 Å². The topological polar surface area (TPSA) is 54.2 Å². The number of pyridine rings is 1. The lowest BCUT2D eigenvalue weighted by Gasteiger charge is -2.17. The average Bonchev–Trinajstić information content (AvgIpc) is 2.44. The van der Waals surface area contributed by atoms with E-state index in [9.17, 15) is 0 Å². The van der Waals surface area contributed by atoms with E-state index in [-0.39, 0.29) is 0 Å². The van der Waals surface area contributed by atoms with Crippen molar-refractivity contribution in [2.24, 2.45) is 0 Å². The maximum atomic E-state index is 5.86. The minimum Gasteiger partial charge on any atom is -0.399 e. The van der Waals surface area contributed by atoms with Gasteiger partial charge < -0.3 is 16.0 Å². The number of nitrogens with two attached hydrogens (primary N) is 1. The zero-order valence-electron chi connectivity index (χ0n) is 12.2. The van der Waals surface area contributed by atoms with Crippen molar-refractivity contribution < 1.29 is 0 Å². The minimum absolute atomic E-state index is 0.415. The lowest BCUT2D eigenvalue weighted by Crippen LogP contribution is -2.21. The highest BCUT2D eigenvalue weighted by Crippen LogP contribution is 2.15. The first-order chi connectivity index (χ1) is 10.1. The van der Waals surface area contributed by atoms with Crippen molar-refractivity contribution >= 4 is 23.1 Å². The third kappa shape index (κ3) is 5.61. The largest absolute Gasteiger partial charge is 0.399 e. The fourth-order valence-electron chi connectivity index (χ4n) is 2.15. The third-order valence-electron chi connectivity index (χ3n) is 3.13. The second-order valence-electron chi connectivity index (χ2n) is 5.11.